The highest BCUT2D eigenvalue weighted by Gasteiger charge is 2.15. The van der Waals surface area contributed by atoms with E-state index in [0.717, 1.165) is 33.6 Å². The van der Waals surface area contributed by atoms with Gasteiger partial charge in [-0.05, 0) is 71.0 Å². The molecule has 0 radical (unpaired) electrons. The van der Waals surface area contributed by atoms with Gasteiger partial charge in [-0.25, -0.2) is 0 Å². The van der Waals surface area contributed by atoms with Crippen LogP contribution in [0.1, 0.15) is 30.5 Å². The lowest BCUT2D eigenvalue weighted by molar-refractivity contribution is 0.324. The number of thiophene rings is 1. The lowest BCUT2D eigenvalue weighted by atomic mass is 10.00. The van der Waals surface area contributed by atoms with E-state index >= 15 is 0 Å². The predicted octanol–water partition coefficient (Wildman–Crippen LogP) is 8.66. The summed E-state index contributed by atoms with van der Waals surface area (Å²) in [6.45, 7) is 10.3. The van der Waals surface area contributed by atoms with Gasteiger partial charge in [0.15, 0.2) is 11.5 Å². The minimum absolute atomic E-state index is 0.560. The fourth-order valence-electron chi connectivity index (χ4n) is 3.91. The van der Waals surface area contributed by atoms with Crippen LogP contribution >= 0.6 is 11.3 Å². The fourth-order valence-corrected chi connectivity index (χ4v) is 4.99. The Hall–Kier alpha value is -3.70. The minimum Gasteiger partial charge on any atom is -0.496 e. The Labute approximate surface area is 218 Å². The van der Waals surface area contributed by atoms with E-state index in [-0.39, 0.29) is 0 Å². The Kier molecular flexibility index (Phi) is 9.20. The van der Waals surface area contributed by atoms with Crippen LogP contribution in [-0.4, -0.2) is 28.4 Å². The van der Waals surface area contributed by atoms with Crippen LogP contribution in [-0.2, 0) is 0 Å². The second kappa shape index (κ2) is 12.3. The van der Waals surface area contributed by atoms with Crippen LogP contribution in [0.4, 0.5) is 0 Å². The van der Waals surface area contributed by atoms with E-state index in [2.05, 4.69) is 62.0 Å². The summed E-state index contributed by atoms with van der Waals surface area (Å²) in [6, 6.07) is 18.7. The van der Waals surface area contributed by atoms with Crippen molar-refractivity contribution < 1.29 is 18.9 Å². The third-order valence-corrected chi connectivity index (χ3v) is 6.93. The van der Waals surface area contributed by atoms with Crippen LogP contribution in [0.25, 0.3) is 32.2 Å². The molecule has 36 heavy (non-hydrogen) atoms. The van der Waals surface area contributed by atoms with Crippen molar-refractivity contribution in [3.05, 3.63) is 83.9 Å². The molecule has 1 aromatic heterocycles. The van der Waals surface area contributed by atoms with Crippen molar-refractivity contribution in [3.63, 3.8) is 0 Å². The number of allylic oxidation sites excluding steroid dienone is 2. The Morgan fingerprint density at radius 3 is 2.03 bits per heavy atom. The van der Waals surface area contributed by atoms with Crippen molar-refractivity contribution >= 4 is 33.1 Å². The van der Waals surface area contributed by atoms with Crippen LogP contribution in [0.3, 0.4) is 0 Å². The SMILES string of the molecule is C=C(/C=C/c1cc(-c2cc3ccccc3s2)c(OC)cc1C)c1cc(OC)c(OC)c(OC)c1.CC. The van der Waals surface area contributed by atoms with Crippen LogP contribution in [0.2, 0.25) is 0 Å². The molecule has 5 heteroatoms. The number of hydrogen-bond donors (Lipinski definition) is 0. The van der Waals surface area contributed by atoms with E-state index in [9.17, 15) is 0 Å². The summed E-state index contributed by atoms with van der Waals surface area (Å²) >= 11 is 1.77. The Morgan fingerprint density at radius 1 is 0.806 bits per heavy atom. The summed E-state index contributed by atoms with van der Waals surface area (Å²) in [5.74, 6) is 2.62. The normalized spacial score (nSPS) is 10.6. The van der Waals surface area contributed by atoms with Crippen LogP contribution in [0, 0.1) is 6.92 Å². The molecule has 0 aliphatic heterocycles. The van der Waals surface area contributed by atoms with Gasteiger partial charge >= 0.3 is 0 Å². The molecule has 4 rings (SSSR count). The van der Waals surface area contributed by atoms with Crippen molar-refractivity contribution in [2.75, 3.05) is 28.4 Å². The maximum atomic E-state index is 5.72. The zero-order valence-corrected chi connectivity index (χ0v) is 22.9. The van der Waals surface area contributed by atoms with Gasteiger partial charge in [0.05, 0.1) is 28.4 Å². The molecule has 0 spiro atoms. The second-order valence-electron chi connectivity index (χ2n) is 7.83. The average Bonchev–Trinajstić information content (AvgIpc) is 3.36. The first-order chi connectivity index (χ1) is 17.5. The molecule has 188 valence electrons. The predicted molar refractivity (Wildman–Crippen MR) is 154 cm³/mol. The van der Waals surface area contributed by atoms with Gasteiger partial charge in [-0.1, -0.05) is 50.8 Å². The number of hydrogen-bond acceptors (Lipinski definition) is 5. The van der Waals surface area contributed by atoms with E-state index in [0.29, 0.717) is 17.2 Å². The summed E-state index contributed by atoms with van der Waals surface area (Å²) in [7, 11) is 6.52. The van der Waals surface area contributed by atoms with Gasteiger partial charge in [-0.15, -0.1) is 11.3 Å². The van der Waals surface area contributed by atoms with Gasteiger partial charge in [0.2, 0.25) is 5.75 Å². The number of rotatable bonds is 8. The van der Waals surface area contributed by atoms with Gasteiger partial charge in [-0.2, -0.15) is 0 Å². The molecule has 0 unspecified atom stereocenters. The van der Waals surface area contributed by atoms with Gasteiger partial charge < -0.3 is 18.9 Å². The van der Waals surface area contributed by atoms with Gasteiger partial charge in [0.25, 0.3) is 0 Å². The third-order valence-electron chi connectivity index (χ3n) is 5.78. The lowest BCUT2D eigenvalue weighted by Crippen LogP contribution is -1.96. The third kappa shape index (κ3) is 5.58. The highest BCUT2D eigenvalue weighted by molar-refractivity contribution is 7.22. The molecular formula is C31H34O4S. The largest absolute Gasteiger partial charge is 0.496 e. The molecule has 0 N–H and O–H groups in total. The molecule has 0 fully saturated rings. The highest BCUT2D eigenvalue weighted by atomic mass is 32.1. The topological polar surface area (TPSA) is 36.9 Å². The monoisotopic (exact) mass is 502 g/mol. The van der Waals surface area contributed by atoms with Crippen molar-refractivity contribution in [3.8, 4) is 33.4 Å². The Morgan fingerprint density at radius 2 is 1.44 bits per heavy atom. The first-order valence-electron chi connectivity index (χ1n) is 11.8. The van der Waals surface area contributed by atoms with Gasteiger partial charge in [0.1, 0.15) is 5.75 Å². The molecule has 0 aliphatic carbocycles. The lowest BCUT2D eigenvalue weighted by Gasteiger charge is -2.14. The number of fused-ring (bicyclic) bond motifs is 1. The van der Waals surface area contributed by atoms with E-state index < -0.39 is 0 Å². The summed E-state index contributed by atoms with van der Waals surface area (Å²) < 4.78 is 23.4. The van der Waals surface area contributed by atoms with Crippen molar-refractivity contribution in [1.29, 1.82) is 0 Å². The Bertz CT molecular complexity index is 1320. The summed E-state index contributed by atoms with van der Waals surface area (Å²) in [5.41, 5.74) is 5.02. The molecule has 0 bridgehead atoms. The number of aryl methyl sites for hydroxylation is 1. The van der Waals surface area contributed by atoms with Gasteiger partial charge in [0, 0.05) is 15.1 Å². The molecule has 0 atom stereocenters. The minimum atomic E-state index is 0.560. The van der Waals surface area contributed by atoms with E-state index in [4.69, 9.17) is 18.9 Å². The number of benzene rings is 3. The second-order valence-corrected chi connectivity index (χ2v) is 8.91. The van der Waals surface area contributed by atoms with E-state index in [1.165, 1.54) is 15.0 Å². The van der Waals surface area contributed by atoms with Crippen molar-refractivity contribution in [2.24, 2.45) is 0 Å². The molecule has 0 saturated carbocycles. The van der Waals surface area contributed by atoms with Crippen LogP contribution in [0.5, 0.6) is 23.0 Å². The van der Waals surface area contributed by atoms with E-state index in [1.807, 2.05) is 32.1 Å². The maximum Gasteiger partial charge on any atom is 0.203 e. The number of ether oxygens (including phenoxy) is 4. The molecule has 3 aromatic carbocycles. The summed E-state index contributed by atoms with van der Waals surface area (Å²) in [5, 5.41) is 1.23. The zero-order chi connectivity index (χ0) is 26.2. The first-order valence-corrected chi connectivity index (χ1v) is 12.7. The molecule has 4 nitrogen and oxygen atoms in total. The fraction of sp³-hybridized carbons (Fsp3) is 0.226. The van der Waals surface area contributed by atoms with Crippen LogP contribution in [0.15, 0.2) is 67.3 Å². The average molecular weight is 503 g/mol. The van der Waals surface area contributed by atoms with Crippen molar-refractivity contribution in [1.82, 2.24) is 0 Å². The van der Waals surface area contributed by atoms with Crippen LogP contribution < -0.4 is 18.9 Å². The van der Waals surface area contributed by atoms with E-state index in [1.54, 1.807) is 39.8 Å². The van der Waals surface area contributed by atoms with Gasteiger partial charge in [-0.3, -0.25) is 0 Å². The highest BCUT2D eigenvalue weighted by Crippen LogP contribution is 2.41. The summed E-state index contributed by atoms with van der Waals surface area (Å²) in [4.78, 5) is 1.18. The molecule has 0 amide bonds. The maximum absolute atomic E-state index is 5.72. The number of methoxy groups -OCH3 is 4. The molecule has 1 heterocycles. The molecular weight excluding hydrogens is 468 g/mol. The standard InChI is InChI=1S/C29H28O4S.C2H6/c1-18(22-15-25(31-4)29(33-6)26(16-22)32-5)11-12-20-14-23(24(30-3)13-19(20)2)28-17-21-9-7-8-10-27(21)34-28;1-2/h7-17H,1H2,2-6H3;1-2H3/b12-11+;. The molecule has 0 aliphatic rings. The summed E-state index contributed by atoms with van der Waals surface area (Å²) in [6.07, 6.45) is 4.08. The quantitative estimate of drug-likeness (QED) is 0.226. The first kappa shape index (κ1) is 26.9. The van der Waals surface area contributed by atoms with Crippen molar-refractivity contribution in [2.45, 2.75) is 20.8 Å². The smallest absolute Gasteiger partial charge is 0.203 e. The zero-order valence-electron chi connectivity index (χ0n) is 22.1. The molecule has 0 saturated heterocycles. The Balaban J connectivity index is 0.00000176. The molecule has 4 aromatic rings.